The summed E-state index contributed by atoms with van der Waals surface area (Å²) in [6.07, 6.45) is -0.889. The van der Waals surface area contributed by atoms with Crippen molar-refractivity contribution in [3.05, 3.63) is 35.9 Å². The fraction of sp³-hybridized carbons (Fsp3) is 0.562. The van der Waals surface area contributed by atoms with Crippen LogP contribution in [0.15, 0.2) is 30.3 Å². The predicted molar refractivity (Wildman–Crippen MR) is 80.9 cm³/mol. The summed E-state index contributed by atoms with van der Waals surface area (Å²) in [5.74, 6) is 0. The Morgan fingerprint density at radius 1 is 1.29 bits per heavy atom. The van der Waals surface area contributed by atoms with Crippen LogP contribution in [0.3, 0.4) is 0 Å². The maximum atomic E-state index is 11.7. The number of amides is 1. The lowest BCUT2D eigenvalue weighted by molar-refractivity contribution is 0.00227. The van der Waals surface area contributed by atoms with Gasteiger partial charge in [0, 0.05) is 0 Å². The van der Waals surface area contributed by atoms with E-state index in [4.69, 9.17) is 9.47 Å². The van der Waals surface area contributed by atoms with Crippen molar-refractivity contribution in [2.75, 3.05) is 6.61 Å². The normalized spacial score (nSPS) is 14.3. The zero-order valence-corrected chi connectivity index (χ0v) is 13.1. The third-order valence-corrected chi connectivity index (χ3v) is 2.82. The number of alkyl carbamates (subject to hydrolysis) is 1. The van der Waals surface area contributed by atoms with E-state index in [0.717, 1.165) is 5.56 Å². The molecular formula is C16H25NO4. The first-order valence-corrected chi connectivity index (χ1v) is 7.07. The number of benzene rings is 1. The Morgan fingerprint density at radius 3 is 2.43 bits per heavy atom. The van der Waals surface area contributed by atoms with Gasteiger partial charge in [0.25, 0.3) is 0 Å². The minimum atomic E-state index is -0.571. The van der Waals surface area contributed by atoms with Crippen LogP contribution >= 0.6 is 0 Å². The predicted octanol–water partition coefficient (Wildman–Crippen LogP) is 2.48. The number of hydrogen-bond donors (Lipinski definition) is 2. The molecule has 118 valence electrons. The molecule has 0 saturated carbocycles. The van der Waals surface area contributed by atoms with Gasteiger partial charge in [-0.3, -0.25) is 0 Å². The average Bonchev–Trinajstić information content (AvgIpc) is 2.41. The highest BCUT2D eigenvalue weighted by atomic mass is 16.6. The minimum absolute atomic E-state index is 0.213. The van der Waals surface area contributed by atoms with E-state index in [1.165, 1.54) is 0 Å². The first-order chi connectivity index (χ1) is 9.81. The largest absolute Gasteiger partial charge is 0.444 e. The van der Waals surface area contributed by atoms with Crippen LogP contribution in [-0.4, -0.2) is 35.6 Å². The van der Waals surface area contributed by atoms with Gasteiger partial charge < -0.3 is 19.9 Å². The zero-order chi connectivity index (χ0) is 15.9. The van der Waals surface area contributed by atoms with Crippen LogP contribution in [0, 0.1) is 0 Å². The minimum Gasteiger partial charge on any atom is -0.444 e. The SMILES string of the molecule is C[C@H](OCc1ccccc1)[C@@H](CO)NC(=O)OC(C)(C)C. The molecule has 1 amide bonds. The molecule has 0 aliphatic carbocycles. The molecule has 2 atom stereocenters. The molecule has 0 fully saturated rings. The summed E-state index contributed by atoms with van der Waals surface area (Å²) < 4.78 is 10.8. The van der Waals surface area contributed by atoms with E-state index < -0.39 is 17.7 Å². The second kappa shape index (κ2) is 8.00. The van der Waals surface area contributed by atoms with Gasteiger partial charge >= 0.3 is 6.09 Å². The number of rotatable bonds is 6. The lowest BCUT2D eigenvalue weighted by Gasteiger charge is -2.26. The highest BCUT2D eigenvalue weighted by Gasteiger charge is 2.23. The van der Waals surface area contributed by atoms with Crippen molar-refractivity contribution in [2.45, 2.75) is 52.0 Å². The molecule has 0 unspecified atom stereocenters. The Balaban J connectivity index is 2.45. The maximum Gasteiger partial charge on any atom is 0.408 e. The molecule has 0 heterocycles. The number of ether oxygens (including phenoxy) is 2. The molecule has 0 bridgehead atoms. The van der Waals surface area contributed by atoms with Crippen LogP contribution in [0.1, 0.15) is 33.3 Å². The summed E-state index contributed by atoms with van der Waals surface area (Å²) in [7, 11) is 0. The fourth-order valence-corrected chi connectivity index (χ4v) is 1.69. The van der Waals surface area contributed by atoms with Gasteiger partial charge in [-0.05, 0) is 33.3 Å². The van der Waals surface area contributed by atoms with Crippen LogP contribution in [0.2, 0.25) is 0 Å². The molecule has 5 heteroatoms. The van der Waals surface area contributed by atoms with Gasteiger partial charge in [-0.2, -0.15) is 0 Å². The first-order valence-electron chi connectivity index (χ1n) is 7.07. The van der Waals surface area contributed by atoms with E-state index in [1.807, 2.05) is 30.3 Å². The smallest absolute Gasteiger partial charge is 0.408 e. The van der Waals surface area contributed by atoms with Gasteiger partial charge in [0.05, 0.1) is 25.4 Å². The Hall–Kier alpha value is -1.59. The quantitative estimate of drug-likeness (QED) is 0.846. The van der Waals surface area contributed by atoms with E-state index in [2.05, 4.69) is 5.32 Å². The molecule has 21 heavy (non-hydrogen) atoms. The van der Waals surface area contributed by atoms with E-state index in [-0.39, 0.29) is 12.7 Å². The van der Waals surface area contributed by atoms with Crippen molar-refractivity contribution in [1.29, 1.82) is 0 Å². The first kappa shape index (κ1) is 17.5. The van der Waals surface area contributed by atoms with E-state index in [0.29, 0.717) is 6.61 Å². The summed E-state index contributed by atoms with van der Waals surface area (Å²) >= 11 is 0. The van der Waals surface area contributed by atoms with Gasteiger partial charge in [0.2, 0.25) is 0 Å². The number of nitrogens with one attached hydrogen (secondary N) is 1. The highest BCUT2D eigenvalue weighted by molar-refractivity contribution is 5.68. The highest BCUT2D eigenvalue weighted by Crippen LogP contribution is 2.09. The maximum absolute atomic E-state index is 11.7. The van der Waals surface area contributed by atoms with Gasteiger partial charge in [0.15, 0.2) is 0 Å². The van der Waals surface area contributed by atoms with Crippen molar-refractivity contribution < 1.29 is 19.4 Å². The van der Waals surface area contributed by atoms with Crippen LogP contribution in [0.4, 0.5) is 4.79 Å². The van der Waals surface area contributed by atoms with Crippen molar-refractivity contribution in [1.82, 2.24) is 5.32 Å². The number of aliphatic hydroxyl groups excluding tert-OH is 1. The number of carbonyl (C=O) groups is 1. The molecule has 5 nitrogen and oxygen atoms in total. The molecule has 0 saturated heterocycles. The zero-order valence-electron chi connectivity index (χ0n) is 13.1. The van der Waals surface area contributed by atoms with Crippen LogP contribution in [0.25, 0.3) is 0 Å². The average molecular weight is 295 g/mol. The van der Waals surface area contributed by atoms with Gasteiger partial charge in [-0.25, -0.2) is 4.79 Å². The van der Waals surface area contributed by atoms with Crippen molar-refractivity contribution >= 4 is 6.09 Å². The third-order valence-electron chi connectivity index (χ3n) is 2.82. The molecule has 0 aromatic heterocycles. The molecule has 1 aromatic carbocycles. The van der Waals surface area contributed by atoms with E-state index >= 15 is 0 Å². The lowest BCUT2D eigenvalue weighted by atomic mass is 10.2. The fourth-order valence-electron chi connectivity index (χ4n) is 1.69. The standard InChI is InChI=1S/C16H25NO4/c1-12(20-11-13-8-6-5-7-9-13)14(10-18)17-15(19)21-16(2,3)4/h5-9,12,14,18H,10-11H2,1-4H3,(H,17,19)/t12-,14+/m0/s1. The molecular weight excluding hydrogens is 270 g/mol. The summed E-state index contributed by atoms with van der Waals surface area (Å²) in [4.78, 5) is 11.7. The monoisotopic (exact) mass is 295 g/mol. The molecule has 1 rings (SSSR count). The second-order valence-corrected chi connectivity index (χ2v) is 5.94. The summed E-state index contributed by atoms with van der Waals surface area (Å²) in [6, 6.07) is 9.22. The molecule has 0 radical (unpaired) electrons. The summed E-state index contributed by atoms with van der Waals surface area (Å²) in [5.41, 5.74) is 0.469. The topological polar surface area (TPSA) is 67.8 Å². The number of hydrogen-bond acceptors (Lipinski definition) is 4. The molecule has 0 spiro atoms. The van der Waals surface area contributed by atoms with Gasteiger partial charge in [-0.15, -0.1) is 0 Å². The number of carbonyl (C=O) groups excluding carboxylic acids is 1. The summed E-state index contributed by atoms with van der Waals surface area (Å²) in [5, 5.41) is 12.0. The molecule has 0 aliphatic rings. The van der Waals surface area contributed by atoms with Gasteiger partial charge in [-0.1, -0.05) is 30.3 Å². The van der Waals surface area contributed by atoms with Crippen molar-refractivity contribution in [3.8, 4) is 0 Å². The van der Waals surface area contributed by atoms with Crippen molar-refractivity contribution in [2.24, 2.45) is 0 Å². The Labute approximate surface area is 126 Å². The van der Waals surface area contributed by atoms with Gasteiger partial charge in [0.1, 0.15) is 5.60 Å². The number of aliphatic hydroxyl groups is 1. The lowest BCUT2D eigenvalue weighted by Crippen LogP contribution is -2.47. The Bertz CT molecular complexity index is 428. The van der Waals surface area contributed by atoms with E-state index in [1.54, 1.807) is 27.7 Å². The molecule has 1 aromatic rings. The van der Waals surface area contributed by atoms with Crippen LogP contribution in [0.5, 0.6) is 0 Å². The molecule has 0 aliphatic heterocycles. The second-order valence-electron chi connectivity index (χ2n) is 5.94. The van der Waals surface area contributed by atoms with Crippen LogP contribution in [-0.2, 0) is 16.1 Å². The molecule has 2 N–H and O–H groups in total. The van der Waals surface area contributed by atoms with E-state index in [9.17, 15) is 9.90 Å². The Morgan fingerprint density at radius 2 is 1.90 bits per heavy atom. The summed E-state index contributed by atoms with van der Waals surface area (Å²) in [6.45, 7) is 7.38. The third kappa shape index (κ3) is 7.11. The van der Waals surface area contributed by atoms with Crippen LogP contribution < -0.4 is 5.32 Å². The van der Waals surface area contributed by atoms with Crippen molar-refractivity contribution in [3.63, 3.8) is 0 Å². The Kier molecular flexibility index (Phi) is 6.65.